The molecule has 0 radical (unpaired) electrons. The van der Waals surface area contributed by atoms with Gasteiger partial charge in [-0.1, -0.05) is 6.42 Å². The summed E-state index contributed by atoms with van der Waals surface area (Å²) in [5.74, 6) is 3.51. The summed E-state index contributed by atoms with van der Waals surface area (Å²) in [7, 11) is 0. The first-order valence-electron chi connectivity index (χ1n) is 11.1. The summed E-state index contributed by atoms with van der Waals surface area (Å²) in [4.78, 5) is 30.0. The Balaban J connectivity index is 1.32. The van der Waals surface area contributed by atoms with Crippen LogP contribution in [0.4, 0.5) is 5.82 Å². The summed E-state index contributed by atoms with van der Waals surface area (Å²) in [6.07, 6.45) is 10.9. The largest absolute Gasteiger partial charge is 0.352 e. The van der Waals surface area contributed by atoms with Crippen molar-refractivity contribution in [1.29, 1.82) is 0 Å². The normalized spacial score (nSPS) is 23.0. The van der Waals surface area contributed by atoms with Crippen LogP contribution in [0.2, 0.25) is 0 Å². The van der Waals surface area contributed by atoms with Crippen molar-refractivity contribution in [2.24, 2.45) is 5.92 Å². The summed E-state index contributed by atoms with van der Waals surface area (Å²) in [6, 6.07) is 0. The number of piperazine rings is 1. The number of fused-ring (bicyclic) bond motifs is 3. The molecule has 1 aliphatic heterocycles. The van der Waals surface area contributed by atoms with Gasteiger partial charge in [0.1, 0.15) is 16.5 Å². The zero-order chi connectivity index (χ0) is 18.7. The average molecular weight is 397 g/mol. The van der Waals surface area contributed by atoms with Gasteiger partial charge in [0.25, 0.3) is 0 Å². The monoisotopic (exact) mass is 396 g/mol. The number of hydrogen-bond acceptors (Lipinski definition) is 5. The molecule has 3 fully saturated rings. The molecule has 3 heterocycles. The quantitative estimate of drug-likeness (QED) is 0.790. The molecule has 0 unspecified atom stereocenters. The summed E-state index contributed by atoms with van der Waals surface area (Å²) < 4.78 is 0. The van der Waals surface area contributed by atoms with Crippen LogP contribution in [-0.4, -0.2) is 47.0 Å². The number of nitrogens with zero attached hydrogens (tertiary/aromatic N) is 4. The molecule has 0 spiro atoms. The highest BCUT2D eigenvalue weighted by atomic mass is 32.1. The van der Waals surface area contributed by atoms with Crippen molar-refractivity contribution < 1.29 is 4.79 Å². The number of aryl methyl sites for hydroxylation is 2. The minimum Gasteiger partial charge on any atom is -0.352 e. The lowest BCUT2D eigenvalue weighted by atomic mass is 9.84. The molecule has 1 amide bonds. The molecule has 0 atom stereocenters. The Kier molecular flexibility index (Phi) is 4.10. The second kappa shape index (κ2) is 6.68. The Morgan fingerprint density at radius 2 is 1.71 bits per heavy atom. The van der Waals surface area contributed by atoms with Gasteiger partial charge in [-0.05, 0) is 56.9 Å². The number of thiophene rings is 1. The van der Waals surface area contributed by atoms with Crippen molar-refractivity contribution in [3.05, 3.63) is 16.3 Å². The molecule has 6 rings (SSSR count). The molecule has 0 N–H and O–H groups in total. The van der Waals surface area contributed by atoms with Gasteiger partial charge in [0.2, 0.25) is 5.91 Å². The molecule has 3 aliphatic carbocycles. The third-order valence-electron chi connectivity index (χ3n) is 7.10. The van der Waals surface area contributed by atoms with Crippen LogP contribution in [0.1, 0.15) is 67.1 Å². The molecule has 4 aliphatic rings. The maximum absolute atomic E-state index is 12.6. The first kappa shape index (κ1) is 17.2. The lowest BCUT2D eigenvalue weighted by molar-refractivity contribution is -0.138. The average Bonchev–Trinajstić information content (AvgIpc) is 3.46. The second-order valence-corrected chi connectivity index (χ2v) is 10.1. The van der Waals surface area contributed by atoms with Crippen LogP contribution in [0.5, 0.6) is 0 Å². The van der Waals surface area contributed by atoms with Crippen LogP contribution in [0, 0.1) is 5.92 Å². The molecular weight excluding hydrogens is 368 g/mol. The molecular formula is C22H28N4OS. The van der Waals surface area contributed by atoms with E-state index in [9.17, 15) is 4.79 Å². The Bertz CT molecular complexity index is 922. The van der Waals surface area contributed by atoms with Crippen LogP contribution in [0.15, 0.2) is 0 Å². The highest BCUT2D eigenvalue weighted by Gasteiger charge is 2.34. The molecule has 0 bridgehead atoms. The van der Waals surface area contributed by atoms with E-state index in [1.165, 1.54) is 66.5 Å². The maximum Gasteiger partial charge on any atom is 0.225 e. The van der Waals surface area contributed by atoms with Crippen LogP contribution in [0.3, 0.4) is 0 Å². The zero-order valence-electron chi connectivity index (χ0n) is 16.5. The topological polar surface area (TPSA) is 49.3 Å². The van der Waals surface area contributed by atoms with E-state index in [0.717, 1.165) is 44.8 Å². The fourth-order valence-corrected chi connectivity index (χ4v) is 6.22. The van der Waals surface area contributed by atoms with Crippen molar-refractivity contribution >= 4 is 33.3 Å². The van der Waals surface area contributed by atoms with Gasteiger partial charge in [0.05, 0.1) is 5.39 Å². The summed E-state index contributed by atoms with van der Waals surface area (Å²) in [5, 5.41) is 1.34. The van der Waals surface area contributed by atoms with Gasteiger partial charge < -0.3 is 9.80 Å². The smallest absolute Gasteiger partial charge is 0.225 e. The first-order chi connectivity index (χ1) is 13.8. The summed E-state index contributed by atoms with van der Waals surface area (Å²) >= 11 is 1.91. The predicted molar refractivity (Wildman–Crippen MR) is 112 cm³/mol. The number of carbonyl (C=O) groups excluding carboxylic acids is 1. The van der Waals surface area contributed by atoms with E-state index in [1.54, 1.807) is 4.88 Å². The van der Waals surface area contributed by atoms with Crippen molar-refractivity contribution in [3.8, 4) is 0 Å². The second-order valence-electron chi connectivity index (χ2n) is 9.01. The van der Waals surface area contributed by atoms with Gasteiger partial charge in [-0.2, -0.15) is 0 Å². The number of aromatic nitrogens is 2. The van der Waals surface area contributed by atoms with Gasteiger partial charge in [0.15, 0.2) is 0 Å². The van der Waals surface area contributed by atoms with Crippen LogP contribution >= 0.6 is 11.3 Å². The molecule has 28 heavy (non-hydrogen) atoms. The zero-order valence-corrected chi connectivity index (χ0v) is 17.3. The number of amides is 1. The van der Waals surface area contributed by atoms with Gasteiger partial charge in [-0.3, -0.25) is 4.79 Å². The molecule has 1 saturated heterocycles. The van der Waals surface area contributed by atoms with E-state index < -0.39 is 0 Å². The lowest BCUT2D eigenvalue weighted by Gasteiger charge is -2.39. The Hall–Kier alpha value is -1.69. The van der Waals surface area contributed by atoms with Crippen LogP contribution < -0.4 is 4.90 Å². The van der Waals surface area contributed by atoms with Crippen LogP contribution in [0.25, 0.3) is 10.2 Å². The third-order valence-corrected chi connectivity index (χ3v) is 8.29. The van der Waals surface area contributed by atoms with Crippen molar-refractivity contribution in [2.45, 2.75) is 63.7 Å². The number of carbonyl (C=O) groups is 1. The standard InChI is InChI=1S/C22H28N4OS/c27-22(15-4-3-5-15)26-12-10-25(11-13-26)20-18-16-6-1-2-7-17(16)28-21(18)24-19(23-20)14-8-9-14/h14-15H,1-13H2. The molecule has 148 valence electrons. The number of rotatable bonds is 3. The van der Waals surface area contributed by atoms with Gasteiger partial charge >= 0.3 is 0 Å². The van der Waals surface area contributed by atoms with Crippen LogP contribution in [-0.2, 0) is 17.6 Å². The minimum absolute atomic E-state index is 0.308. The van der Waals surface area contributed by atoms with E-state index in [-0.39, 0.29) is 0 Å². The molecule has 2 saturated carbocycles. The molecule has 2 aromatic rings. The van der Waals surface area contributed by atoms with E-state index in [4.69, 9.17) is 9.97 Å². The number of anilines is 1. The molecule has 5 nitrogen and oxygen atoms in total. The van der Waals surface area contributed by atoms with Gasteiger partial charge in [-0.25, -0.2) is 9.97 Å². The molecule has 6 heteroatoms. The maximum atomic E-state index is 12.6. The van der Waals surface area contributed by atoms with Gasteiger partial charge in [0, 0.05) is 42.9 Å². The fourth-order valence-electron chi connectivity index (χ4n) is 4.96. The lowest BCUT2D eigenvalue weighted by Crippen LogP contribution is -2.51. The molecule has 0 aromatic carbocycles. The molecule has 2 aromatic heterocycles. The van der Waals surface area contributed by atoms with E-state index in [0.29, 0.717) is 17.7 Å². The Labute approximate surface area is 170 Å². The van der Waals surface area contributed by atoms with Crippen molar-refractivity contribution in [2.75, 3.05) is 31.1 Å². The van der Waals surface area contributed by atoms with Gasteiger partial charge in [-0.15, -0.1) is 11.3 Å². The SMILES string of the molecule is O=C(C1CCC1)N1CCN(c2nc(C3CC3)nc3sc4c(c23)CCCC4)CC1. The highest BCUT2D eigenvalue weighted by molar-refractivity contribution is 7.19. The summed E-state index contributed by atoms with van der Waals surface area (Å²) in [5.41, 5.74) is 1.52. The summed E-state index contributed by atoms with van der Waals surface area (Å²) in [6.45, 7) is 3.48. The van der Waals surface area contributed by atoms with E-state index >= 15 is 0 Å². The van der Waals surface area contributed by atoms with E-state index in [1.807, 2.05) is 11.3 Å². The van der Waals surface area contributed by atoms with Crippen molar-refractivity contribution in [1.82, 2.24) is 14.9 Å². The minimum atomic E-state index is 0.308. The first-order valence-corrected chi connectivity index (χ1v) is 12.0. The highest BCUT2D eigenvalue weighted by Crippen LogP contribution is 2.44. The van der Waals surface area contributed by atoms with Crippen molar-refractivity contribution in [3.63, 3.8) is 0 Å². The third kappa shape index (κ3) is 2.83. The number of hydrogen-bond donors (Lipinski definition) is 0. The predicted octanol–water partition coefficient (Wildman–Crippen LogP) is 3.90. The Morgan fingerprint density at radius 1 is 0.929 bits per heavy atom. The fraction of sp³-hybridized carbons (Fsp3) is 0.682. The Morgan fingerprint density at radius 3 is 2.43 bits per heavy atom. The van der Waals surface area contributed by atoms with E-state index in [2.05, 4.69) is 9.80 Å².